The molecule has 0 fully saturated rings. The van der Waals surface area contributed by atoms with Crippen molar-refractivity contribution < 1.29 is 14.6 Å². The molecule has 2 rings (SSSR count). The van der Waals surface area contributed by atoms with Crippen LogP contribution in [0.5, 0.6) is 0 Å². The van der Waals surface area contributed by atoms with Crippen molar-refractivity contribution in [3.05, 3.63) is 45.5 Å². The van der Waals surface area contributed by atoms with Gasteiger partial charge in [0.05, 0.1) is 16.2 Å². The van der Waals surface area contributed by atoms with E-state index in [0.717, 1.165) is 16.7 Å². The number of carbonyl (C=O) groups is 2. The molecule has 1 aliphatic heterocycles. The van der Waals surface area contributed by atoms with E-state index in [0.29, 0.717) is 0 Å². The molecule has 0 atom stereocenters. The van der Waals surface area contributed by atoms with Gasteiger partial charge in [-0.2, -0.15) is 0 Å². The van der Waals surface area contributed by atoms with Crippen molar-refractivity contribution in [1.29, 1.82) is 0 Å². The fraction of sp³-hybridized carbons (Fsp3) is 0.100. The van der Waals surface area contributed by atoms with Gasteiger partial charge in [-0.15, -0.1) is 0 Å². The topological polar surface area (TPSA) is 92.9 Å². The van der Waals surface area contributed by atoms with Gasteiger partial charge in [-0.25, -0.2) is 15.0 Å². The van der Waals surface area contributed by atoms with E-state index >= 15 is 0 Å². The summed E-state index contributed by atoms with van der Waals surface area (Å²) >= 11 is 0.866. The maximum atomic E-state index is 12.0. The lowest BCUT2D eigenvalue weighted by Gasteiger charge is -2.10. The van der Waals surface area contributed by atoms with E-state index in [1.54, 1.807) is 12.1 Å². The average Bonchev–Trinajstić information content (AvgIpc) is 2.60. The van der Waals surface area contributed by atoms with Crippen LogP contribution < -0.4 is 0 Å². The number of imide groups is 1. The summed E-state index contributed by atoms with van der Waals surface area (Å²) in [5, 5.41) is 12.2. The Bertz CT molecular complexity index is 549. The molecule has 0 unspecified atom stereocenters. The number of nitrogens with zero attached hydrogens (tertiary/aromatic N) is 3. The Morgan fingerprint density at radius 3 is 2.17 bits per heavy atom. The first kappa shape index (κ1) is 12.2. The number of benzene rings is 1. The third kappa shape index (κ3) is 1.86. The highest BCUT2D eigenvalue weighted by atomic mass is 32.2. The van der Waals surface area contributed by atoms with Crippen LogP contribution in [0.2, 0.25) is 0 Å². The summed E-state index contributed by atoms with van der Waals surface area (Å²) in [5.74, 6) is -1.18. The van der Waals surface area contributed by atoms with Crippen LogP contribution in [-0.2, 0) is 0 Å². The number of thioether (sulfide) groups is 1. The van der Waals surface area contributed by atoms with E-state index in [1.165, 1.54) is 18.4 Å². The van der Waals surface area contributed by atoms with Gasteiger partial charge < -0.3 is 0 Å². The first-order chi connectivity index (χ1) is 8.56. The standard InChI is InChI=1S/C10H7N3O4S/c1-18-10(11-13(16)17)12-8(14)6-4-2-3-5-7(6)9(12)15/h2-5H,1H3/b11-10-. The zero-order chi connectivity index (χ0) is 13.3. The van der Waals surface area contributed by atoms with Gasteiger partial charge >= 0.3 is 0 Å². The number of nitro groups is 1. The van der Waals surface area contributed by atoms with Crippen molar-refractivity contribution >= 4 is 28.7 Å². The summed E-state index contributed by atoms with van der Waals surface area (Å²) < 4.78 is 0. The Balaban J connectivity index is 2.48. The Hall–Kier alpha value is -2.22. The average molecular weight is 265 g/mol. The summed E-state index contributed by atoms with van der Waals surface area (Å²) in [4.78, 5) is 35.0. The van der Waals surface area contributed by atoms with Gasteiger partial charge in [-0.05, 0) is 18.4 Å². The van der Waals surface area contributed by atoms with E-state index in [-0.39, 0.29) is 16.3 Å². The van der Waals surface area contributed by atoms with Crippen LogP contribution in [0.1, 0.15) is 20.7 Å². The molecule has 0 saturated carbocycles. The molecule has 0 bridgehead atoms. The molecule has 1 aromatic carbocycles. The summed E-state index contributed by atoms with van der Waals surface area (Å²) in [6.45, 7) is 0. The number of hydrazone groups is 1. The second kappa shape index (κ2) is 4.57. The number of hydrogen-bond acceptors (Lipinski definition) is 5. The molecule has 0 aromatic heterocycles. The van der Waals surface area contributed by atoms with Crippen LogP contribution in [0, 0.1) is 10.1 Å². The lowest BCUT2D eigenvalue weighted by molar-refractivity contribution is -0.485. The molecule has 1 aromatic rings. The minimum atomic E-state index is -0.935. The summed E-state index contributed by atoms with van der Waals surface area (Å²) in [6.07, 6.45) is 1.51. The number of amidine groups is 1. The fourth-order valence-electron chi connectivity index (χ4n) is 1.61. The summed E-state index contributed by atoms with van der Waals surface area (Å²) in [7, 11) is 0. The number of amides is 2. The minimum absolute atomic E-state index is 0.229. The monoisotopic (exact) mass is 265 g/mol. The molecule has 0 radical (unpaired) electrons. The van der Waals surface area contributed by atoms with Crippen molar-refractivity contribution in [2.24, 2.45) is 5.10 Å². The van der Waals surface area contributed by atoms with Crippen molar-refractivity contribution in [3.63, 3.8) is 0 Å². The van der Waals surface area contributed by atoms with Gasteiger partial charge in [0.2, 0.25) is 0 Å². The summed E-state index contributed by atoms with van der Waals surface area (Å²) in [6, 6.07) is 6.24. The minimum Gasteiger partial charge on any atom is -0.268 e. The predicted molar refractivity (Wildman–Crippen MR) is 64.9 cm³/mol. The lowest BCUT2D eigenvalue weighted by atomic mass is 10.1. The Morgan fingerprint density at radius 2 is 1.78 bits per heavy atom. The second-order valence-electron chi connectivity index (χ2n) is 3.32. The summed E-state index contributed by atoms with van der Waals surface area (Å²) in [5.41, 5.74) is 0.459. The molecule has 1 heterocycles. The van der Waals surface area contributed by atoms with E-state index in [2.05, 4.69) is 5.10 Å². The smallest absolute Gasteiger partial charge is 0.267 e. The SMILES string of the molecule is CS/C(=N\[N+](=O)[O-])N1C(=O)c2ccccc2C1=O. The Kier molecular flexibility index (Phi) is 3.11. The van der Waals surface area contributed by atoms with Gasteiger partial charge in [-0.3, -0.25) is 9.59 Å². The Labute approximate surface area is 106 Å². The van der Waals surface area contributed by atoms with Crippen LogP contribution in [0.4, 0.5) is 0 Å². The quantitative estimate of drug-likeness (QED) is 0.250. The first-order valence-electron chi connectivity index (χ1n) is 4.81. The van der Waals surface area contributed by atoms with E-state index in [9.17, 15) is 19.7 Å². The molecule has 92 valence electrons. The van der Waals surface area contributed by atoms with Gasteiger partial charge in [-0.1, -0.05) is 23.9 Å². The lowest BCUT2D eigenvalue weighted by Crippen LogP contribution is -2.34. The molecule has 1 aliphatic rings. The molecule has 18 heavy (non-hydrogen) atoms. The molecular formula is C10H7N3O4S. The van der Waals surface area contributed by atoms with Crippen LogP contribution in [0.3, 0.4) is 0 Å². The third-order valence-corrected chi connectivity index (χ3v) is 2.96. The number of fused-ring (bicyclic) bond motifs is 1. The van der Waals surface area contributed by atoms with E-state index < -0.39 is 16.8 Å². The number of carbonyl (C=O) groups excluding carboxylic acids is 2. The van der Waals surface area contributed by atoms with Crippen LogP contribution in [-0.4, -0.2) is 33.2 Å². The van der Waals surface area contributed by atoms with Crippen molar-refractivity contribution in [3.8, 4) is 0 Å². The third-order valence-electron chi connectivity index (χ3n) is 2.34. The molecule has 0 N–H and O–H groups in total. The van der Waals surface area contributed by atoms with Crippen LogP contribution >= 0.6 is 11.8 Å². The highest BCUT2D eigenvalue weighted by molar-refractivity contribution is 8.13. The second-order valence-corrected chi connectivity index (χ2v) is 4.09. The van der Waals surface area contributed by atoms with Crippen molar-refractivity contribution in [1.82, 2.24) is 4.90 Å². The fourth-order valence-corrected chi connectivity index (χ4v) is 2.11. The maximum Gasteiger partial charge on any atom is 0.267 e. The van der Waals surface area contributed by atoms with E-state index in [1.807, 2.05) is 0 Å². The van der Waals surface area contributed by atoms with Crippen LogP contribution in [0.25, 0.3) is 0 Å². The highest BCUT2D eigenvalue weighted by Crippen LogP contribution is 2.25. The van der Waals surface area contributed by atoms with Crippen LogP contribution in [0.15, 0.2) is 29.4 Å². The first-order valence-corrected chi connectivity index (χ1v) is 6.03. The number of hydrogen-bond donors (Lipinski definition) is 0. The zero-order valence-corrected chi connectivity index (χ0v) is 10.0. The predicted octanol–water partition coefficient (Wildman–Crippen LogP) is 1.19. The molecular weight excluding hydrogens is 258 g/mol. The maximum absolute atomic E-state index is 12.0. The van der Waals surface area contributed by atoms with Gasteiger partial charge in [0.1, 0.15) is 0 Å². The zero-order valence-electron chi connectivity index (χ0n) is 9.19. The molecule has 0 spiro atoms. The van der Waals surface area contributed by atoms with Gasteiger partial charge in [0.25, 0.3) is 17.0 Å². The van der Waals surface area contributed by atoms with Gasteiger partial charge in [0.15, 0.2) is 5.03 Å². The van der Waals surface area contributed by atoms with Crippen molar-refractivity contribution in [2.75, 3.05) is 6.26 Å². The largest absolute Gasteiger partial charge is 0.268 e. The van der Waals surface area contributed by atoms with Gasteiger partial charge in [0, 0.05) is 0 Å². The molecule has 7 nitrogen and oxygen atoms in total. The normalized spacial score (nSPS) is 14.9. The Morgan fingerprint density at radius 1 is 1.28 bits per heavy atom. The highest BCUT2D eigenvalue weighted by Gasteiger charge is 2.39. The molecule has 8 heteroatoms. The molecule has 2 amide bonds. The van der Waals surface area contributed by atoms with E-state index in [4.69, 9.17) is 0 Å². The molecule has 0 saturated heterocycles. The number of rotatable bonds is 1. The molecule has 0 aliphatic carbocycles. The van der Waals surface area contributed by atoms with Crippen molar-refractivity contribution in [2.45, 2.75) is 0 Å².